The molecule has 0 heterocycles. The average molecular weight is 206 g/mol. The number of rotatable bonds is 3. The predicted octanol–water partition coefficient (Wildman–Crippen LogP) is 2.49. The Morgan fingerprint density at radius 2 is 2.13 bits per heavy atom. The highest BCUT2D eigenvalue weighted by atomic mass is 16.5. The second-order valence-corrected chi connectivity index (χ2v) is 4.85. The predicted molar refractivity (Wildman–Crippen MR) is 63.2 cm³/mol. The zero-order valence-corrected chi connectivity index (χ0v) is 9.50. The Bertz CT molecular complexity index is 374. The van der Waals surface area contributed by atoms with Crippen LogP contribution in [0.5, 0.6) is 5.75 Å². The minimum atomic E-state index is 0.425. The molecule has 3 N–H and O–H groups in total. The van der Waals surface area contributed by atoms with Gasteiger partial charge in [-0.3, -0.25) is 0 Å². The Morgan fingerprint density at radius 3 is 2.67 bits per heavy atom. The van der Waals surface area contributed by atoms with Crippen molar-refractivity contribution < 1.29 is 4.74 Å². The quantitative estimate of drug-likeness (QED) is 0.747. The van der Waals surface area contributed by atoms with E-state index in [2.05, 4.69) is 19.2 Å². The third-order valence-electron chi connectivity index (χ3n) is 3.09. The SMILES string of the molecule is COc1cc(NC2CC2(C)C)ccc1N. The van der Waals surface area contributed by atoms with Gasteiger partial charge in [-0.25, -0.2) is 0 Å². The number of nitrogen functional groups attached to an aromatic ring is 1. The van der Waals surface area contributed by atoms with Crippen LogP contribution in [0, 0.1) is 5.41 Å². The standard InChI is InChI=1S/C12H18N2O/c1-12(2)7-11(12)14-8-4-5-9(13)10(6-8)15-3/h4-6,11,14H,7,13H2,1-3H3. The van der Waals surface area contributed by atoms with Crippen LogP contribution in [0.1, 0.15) is 20.3 Å². The molecule has 0 aliphatic heterocycles. The van der Waals surface area contributed by atoms with Crippen molar-refractivity contribution in [3.05, 3.63) is 18.2 Å². The first-order chi connectivity index (χ1) is 7.03. The molecule has 3 nitrogen and oxygen atoms in total. The number of hydrogen-bond acceptors (Lipinski definition) is 3. The van der Waals surface area contributed by atoms with Gasteiger partial charge in [0, 0.05) is 17.8 Å². The summed E-state index contributed by atoms with van der Waals surface area (Å²) >= 11 is 0. The first kappa shape index (κ1) is 10.1. The van der Waals surface area contributed by atoms with Crippen molar-refractivity contribution in [3.63, 3.8) is 0 Å². The van der Waals surface area contributed by atoms with E-state index in [-0.39, 0.29) is 0 Å². The fourth-order valence-corrected chi connectivity index (χ4v) is 1.72. The van der Waals surface area contributed by atoms with Gasteiger partial charge in [0.25, 0.3) is 0 Å². The maximum absolute atomic E-state index is 5.75. The molecule has 0 spiro atoms. The second-order valence-electron chi connectivity index (χ2n) is 4.85. The van der Waals surface area contributed by atoms with Gasteiger partial charge in [-0.2, -0.15) is 0 Å². The van der Waals surface area contributed by atoms with E-state index in [1.54, 1.807) is 7.11 Å². The molecule has 0 saturated heterocycles. The van der Waals surface area contributed by atoms with Crippen molar-refractivity contribution in [2.45, 2.75) is 26.3 Å². The van der Waals surface area contributed by atoms with Crippen LogP contribution in [0.2, 0.25) is 0 Å². The molecular weight excluding hydrogens is 188 g/mol. The van der Waals surface area contributed by atoms with Crippen molar-refractivity contribution >= 4 is 11.4 Å². The van der Waals surface area contributed by atoms with Crippen molar-refractivity contribution in [2.24, 2.45) is 5.41 Å². The number of methoxy groups -OCH3 is 1. The van der Waals surface area contributed by atoms with Crippen LogP contribution < -0.4 is 15.8 Å². The van der Waals surface area contributed by atoms with E-state index in [9.17, 15) is 0 Å². The lowest BCUT2D eigenvalue weighted by Gasteiger charge is -2.11. The van der Waals surface area contributed by atoms with Gasteiger partial charge in [0.2, 0.25) is 0 Å². The normalized spacial score (nSPS) is 22.2. The van der Waals surface area contributed by atoms with Crippen molar-refractivity contribution in [3.8, 4) is 5.75 Å². The van der Waals surface area contributed by atoms with Gasteiger partial charge in [0.05, 0.1) is 12.8 Å². The first-order valence-electron chi connectivity index (χ1n) is 5.23. The number of ether oxygens (including phenoxy) is 1. The largest absolute Gasteiger partial charge is 0.495 e. The lowest BCUT2D eigenvalue weighted by molar-refractivity contribution is 0.417. The average Bonchev–Trinajstić information content (AvgIpc) is 2.77. The molecule has 0 aromatic heterocycles. The number of nitrogens with two attached hydrogens (primary N) is 1. The smallest absolute Gasteiger partial charge is 0.143 e. The fourth-order valence-electron chi connectivity index (χ4n) is 1.72. The van der Waals surface area contributed by atoms with E-state index in [1.165, 1.54) is 6.42 Å². The van der Waals surface area contributed by atoms with Crippen LogP contribution in [0.3, 0.4) is 0 Å². The summed E-state index contributed by atoms with van der Waals surface area (Å²) in [6, 6.07) is 6.39. The molecule has 1 aromatic rings. The van der Waals surface area contributed by atoms with Gasteiger partial charge in [-0.05, 0) is 24.0 Å². The lowest BCUT2D eigenvalue weighted by Crippen LogP contribution is -2.08. The molecule has 15 heavy (non-hydrogen) atoms. The molecule has 0 radical (unpaired) electrons. The summed E-state index contributed by atoms with van der Waals surface area (Å²) in [6.07, 6.45) is 1.22. The molecule has 1 aliphatic rings. The molecule has 1 atom stereocenters. The third-order valence-corrected chi connectivity index (χ3v) is 3.09. The van der Waals surface area contributed by atoms with Crippen LogP contribution in [0.4, 0.5) is 11.4 Å². The van der Waals surface area contributed by atoms with Crippen LogP contribution in [0.25, 0.3) is 0 Å². The molecule has 82 valence electrons. The van der Waals surface area contributed by atoms with Gasteiger partial charge in [0.1, 0.15) is 5.75 Å². The van der Waals surface area contributed by atoms with Crippen LogP contribution in [-0.2, 0) is 0 Å². The number of hydrogen-bond donors (Lipinski definition) is 2. The summed E-state index contributed by atoms with van der Waals surface area (Å²) in [7, 11) is 1.64. The minimum Gasteiger partial charge on any atom is -0.495 e. The van der Waals surface area contributed by atoms with Crippen LogP contribution >= 0.6 is 0 Å². The molecule has 2 rings (SSSR count). The summed E-state index contributed by atoms with van der Waals surface area (Å²) < 4.78 is 5.17. The Morgan fingerprint density at radius 1 is 1.47 bits per heavy atom. The van der Waals surface area contributed by atoms with Crippen LogP contribution in [0.15, 0.2) is 18.2 Å². The van der Waals surface area contributed by atoms with E-state index in [4.69, 9.17) is 10.5 Å². The van der Waals surface area contributed by atoms with Crippen molar-refractivity contribution in [2.75, 3.05) is 18.2 Å². The molecule has 1 fully saturated rings. The minimum absolute atomic E-state index is 0.425. The van der Waals surface area contributed by atoms with E-state index < -0.39 is 0 Å². The highest BCUT2D eigenvalue weighted by Crippen LogP contribution is 2.46. The molecule has 3 heteroatoms. The summed E-state index contributed by atoms with van der Waals surface area (Å²) in [5, 5.41) is 3.47. The Kier molecular flexibility index (Phi) is 2.25. The zero-order chi connectivity index (χ0) is 11.1. The van der Waals surface area contributed by atoms with Gasteiger partial charge >= 0.3 is 0 Å². The molecule has 1 aromatic carbocycles. The number of anilines is 2. The maximum atomic E-state index is 5.75. The second kappa shape index (κ2) is 3.33. The van der Waals surface area contributed by atoms with Gasteiger partial charge < -0.3 is 15.8 Å². The maximum Gasteiger partial charge on any atom is 0.143 e. The summed E-state index contributed by atoms with van der Waals surface area (Å²) in [5.74, 6) is 0.735. The lowest BCUT2D eigenvalue weighted by atomic mass is 10.2. The van der Waals surface area contributed by atoms with Crippen LogP contribution in [-0.4, -0.2) is 13.2 Å². The summed E-state index contributed by atoms with van der Waals surface area (Å²) in [5.41, 5.74) is 7.93. The van der Waals surface area contributed by atoms with Gasteiger partial charge in [-0.1, -0.05) is 13.8 Å². The van der Waals surface area contributed by atoms with E-state index in [1.807, 2.05) is 18.2 Å². The van der Waals surface area contributed by atoms with Crippen molar-refractivity contribution in [1.82, 2.24) is 0 Å². The van der Waals surface area contributed by atoms with Gasteiger partial charge in [-0.15, -0.1) is 0 Å². The third kappa shape index (κ3) is 2.01. The number of benzene rings is 1. The molecule has 1 unspecified atom stereocenters. The van der Waals surface area contributed by atoms with Gasteiger partial charge in [0.15, 0.2) is 0 Å². The molecule has 0 amide bonds. The summed E-state index contributed by atoms with van der Waals surface area (Å²) in [4.78, 5) is 0. The Hall–Kier alpha value is -1.38. The van der Waals surface area contributed by atoms with E-state index in [0.717, 1.165) is 11.4 Å². The van der Waals surface area contributed by atoms with E-state index in [0.29, 0.717) is 17.1 Å². The van der Waals surface area contributed by atoms with Crippen molar-refractivity contribution in [1.29, 1.82) is 0 Å². The summed E-state index contributed by atoms with van der Waals surface area (Å²) in [6.45, 7) is 4.53. The number of nitrogens with one attached hydrogen (secondary N) is 1. The van der Waals surface area contributed by atoms with E-state index >= 15 is 0 Å². The first-order valence-corrected chi connectivity index (χ1v) is 5.23. The highest BCUT2D eigenvalue weighted by molar-refractivity contribution is 5.62. The molecular formula is C12H18N2O. The Balaban J connectivity index is 2.10. The monoisotopic (exact) mass is 206 g/mol. The Labute approximate surface area is 90.6 Å². The fraction of sp³-hybridized carbons (Fsp3) is 0.500. The molecule has 1 aliphatic carbocycles. The molecule has 1 saturated carbocycles. The highest BCUT2D eigenvalue weighted by Gasteiger charge is 2.45. The topological polar surface area (TPSA) is 47.3 Å². The molecule has 0 bridgehead atoms. The zero-order valence-electron chi connectivity index (χ0n) is 9.50.